The molecule has 120 valence electrons. The van der Waals surface area contributed by atoms with E-state index < -0.39 is 10.0 Å². The molecule has 0 amide bonds. The van der Waals surface area contributed by atoms with Gasteiger partial charge in [-0.3, -0.25) is 0 Å². The maximum absolute atomic E-state index is 12.3. The number of aromatic nitrogens is 2. The van der Waals surface area contributed by atoms with E-state index in [9.17, 15) is 8.42 Å². The van der Waals surface area contributed by atoms with Crippen molar-refractivity contribution in [1.82, 2.24) is 14.7 Å². The van der Waals surface area contributed by atoms with Crippen molar-refractivity contribution in [3.05, 3.63) is 12.0 Å². The maximum atomic E-state index is 12.3. The van der Waals surface area contributed by atoms with Gasteiger partial charge in [0.15, 0.2) is 5.03 Å². The summed E-state index contributed by atoms with van der Waals surface area (Å²) in [6.45, 7) is 8.61. The molecule has 1 aromatic rings. The predicted molar refractivity (Wildman–Crippen MR) is 83.5 cm³/mol. The minimum absolute atomic E-state index is 0.0440. The molecule has 0 bridgehead atoms. The van der Waals surface area contributed by atoms with Gasteiger partial charge in [0.25, 0.3) is 10.0 Å². The second-order valence-electron chi connectivity index (χ2n) is 6.84. The molecule has 0 radical (unpaired) electrons. The third-order valence-electron chi connectivity index (χ3n) is 5.03. The van der Waals surface area contributed by atoms with Crippen molar-refractivity contribution in [1.29, 1.82) is 0 Å². The quantitative estimate of drug-likeness (QED) is 0.877. The van der Waals surface area contributed by atoms with Crippen LogP contribution in [0.1, 0.15) is 58.7 Å². The van der Waals surface area contributed by atoms with Crippen LogP contribution in [0.15, 0.2) is 11.2 Å². The third-order valence-corrected chi connectivity index (χ3v) is 6.46. The molecular weight excluding hydrogens is 286 g/mol. The van der Waals surface area contributed by atoms with Gasteiger partial charge in [0, 0.05) is 6.04 Å². The summed E-state index contributed by atoms with van der Waals surface area (Å²) >= 11 is 0. The first-order chi connectivity index (χ1) is 9.74. The number of aryl methyl sites for hydroxylation is 1. The maximum Gasteiger partial charge on any atom is 0.257 e. The van der Waals surface area contributed by atoms with Crippen LogP contribution in [0.5, 0.6) is 0 Å². The zero-order valence-corrected chi connectivity index (χ0v) is 14.3. The molecule has 21 heavy (non-hydrogen) atoms. The largest absolute Gasteiger partial charge is 0.332 e. The topological polar surface area (TPSA) is 74.8 Å². The molecule has 0 saturated heterocycles. The molecule has 1 aliphatic rings. The summed E-state index contributed by atoms with van der Waals surface area (Å²) in [6, 6.07) is 0.0440. The van der Waals surface area contributed by atoms with E-state index in [-0.39, 0.29) is 11.1 Å². The summed E-state index contributed by atoms with van der Waals surface area (Å²) in [6.07, 6.45) is 6.57. The number of imidazole rings is 1. The fourth-order valence-corrected chi connectivity index (χ4v) is 4.37. The fraction of sp³-hybridized carbons (Fsp3) is 0.800. The Bertz CT molecular complexity index is 569. The van der Waals surface area contributed by atoms with Crippen molar-refractivity contribution in [3.63, 3.8) is 0 Å². The van der Waals surface area contributed by atoms with Gasteiger partial charge in [-0.05, 0) is 43.9 Å². The van der Waals surface area contributed by atoms with Crippen molar-refractivity contribution < 1.29 is 8.42 Å². The molecule has 1 heterocycles. The van der Waals surface area contributed by atoms with Gasteiger partial charge in [-0.1, -0.05) is 27.2 Å². The van der Waals surface area contributed by atoms with E-state index in [4.69, 9.17) is 0 Å². The van der Waals surface area contributed by atoms with Crippen LogP contribution >= 0.6 is 0 Å². The number of sulfonamides is 1. The lowest BCUT2D eigenvalue weighted by atomic mass is 9.69. The highest BCUT2D eigenvalue weighted by Crippen LogP contribution is 2.40. The van der Waals surface area contributed by atoms with Crippen LogP contribution in [0.2, 0.25) is 0 Å². The highest BCUT2D eigenvalue weighted by molar-refractivity contribution is 7.89. The van der Waals surface area contributed by atoms with Gasteiger partial charge in [-0.15, -0.1) is 0 Å². The number of nitrogens with zero attached hydrogens (tertiary/aromatic N) is 1. The summed E-state index contributed by atoms with van der Waals surface area (Å²) in [4.78, 5) is 6.74. The summed E-state index contributed by atoms with van der Waals surface area (Å²) in [7, 11) is -3.47. The van der Waals surface area contributed by atoms with Gasteiger partial charge in [-0.2, -0.15) is 0 Å². The van der Waals surface area contributed by atoms with Gasteiger partial charge >= 0.3 is 0 Å². The smallest absolute Gasteiger partial charge is 0.257 e. The zero-order valence-electron chi connectivity index (χ0n) is 13.4. The lowest BCUT2D eigenvalue weighted by Gasteiger charge is -2.38. The van der Waals surface area contributed by atoms with Crippen LogP contribution in [-0.4, -0.2) is 24.4 Å². The van der Waals surface area contributed by atoms with E-state index in [1.165, 1.54) is 12.6 Å². The Labute approximate surface area is 128 Å². The molecule has 1 saturated carbocycles. The van der Waals surface area contributed by atoms with Gasteiger partial charge in [0.2, 0.25) is 0 Å². The molecule has 1 aliphatic carbocycles. The average Bonchev–Trinajstić information content (AvgIpc) is 2.86. The van der Waals surface area contributed by atoms with E-state index in [0.717, 1.165) is 25.7 Å². The van der Waals surface area contributed by atoms with Crippen molar-refractivity contribution >= 4 is 10.0 Å². The van der Waals surface area contributed by atoms with Crippen LogP contribution in [0.25, 0.3) is 0 Å². The van der Waals surface area contributed by atoms with Crippen LogP contribution in [0.4, 0.5) is 0 Å². The van der Waals surface area contributed by atoms with Crippen molar-refractivity contribution in [2.75, 3.05) is 0 Å². The van der Waals surface area contributed by atoms with Gasteiger partial charge < -0.3 is 4.98 Å². The Morgan fingerprint density at radius 3 is 2.43 bits per heavy atom. The molecule has 2 N–H and O–H groups in total. The monoisotopic (exact) mass is 313 g/mol. The second-order valence-corrected chi connectivity index (χ2v) is 8.53. The van der Waals surface area contributed by atoms with E-state index in [1.54, 1.807) is 6.92 Å². The summed E-state index contributed by atoms with van der Waals surface area (Å²) in [5.41, 5.74) is 0.352. The lowest BCUT2D eigenvalue weighted by Crippen LogP contribution is -2.40. The average molecular weight is 313 g/mol. The summed E-state index contributed by atoms with van der Waals surface area (Å²) in [5, 5.41) is 0.163. The number of hydrogen-bond acceptors (Lipinski definition) is 3. The Morgan fingerprint density at radius 1 is 1.33 bits per heavy atom. The Morgan fingerprint density at radius 2 is 1.95 bits per heavy atom. The molecule has 0 unspecified atom stereocenters. The van der Waals surface area contributed by atoms with Crippen molar-refractivity contribution in [3.8, 4) is 0 Å². The number of hydrogen-bond donors (Lipinski definition) is 2. The van der Waals surface area contributed by atoms with Gasteiger partial charge in [0.1, 0.15) is 5.82 Å². The SMILES string of the molecule is CCC(C)(C)C1CCC(NS(=O)(=O)c2cnc(C)[nH]2)CC1. The van der Waals surface area contributed by atoms with Crippen LogP contribution in [0.3, 0.4) is 0 Å². The normalized spacial score (nSPS) is 24.2. The Kier molecular flexibility index (Phi) is 4.78. The number of rotatable bonds is 5. The molecule has 0 aromatic carbocycles. The van der Waals surface area contributed by atoms with E-state index in [1.807, 2.05) is 0 Å². The molecule has 6 heteroatoms. The van der Waals surface area contributed by atoms with Gasteiger partial charge in [-0.25, -0.2) is 18.1 Å². The standard InChI is InChI=1S/C15H27N3O2S/c1-5-15(3,4)12-6-8-13(9-7-12)18-21(19,20)14-10-16-11(2)17-14/h10,12-13,18H,5-9H2,1-4H3,(H,16,17). The predicted octanol–water partition coefficient (Wildman–Crippen LogP) is 2.99. The molecule has 5 nitrogen and oxygen atoms in total. The van der Waals surface area contributed by atoms with Gasteiger partial charge in [0.05, 0.1) is 6.20 Å². The highest BCUT2D eigenvalue weighted by Gasteiger charge is 2.33. The minimum atomic E-state index is -3.47. The number of nitrogens with one attached hydrogen (secondary N) is 2. The molecule has 0 atom stereocenters. The zero-order chi connectivity index (χ0) is 15.7. The minimum Gasteiger partial charge on any atom is -0.332 e. The van der Waals surface area contributed by atoms with Crippen LogP contribution in [-0.2, 0) is 10.0 Å². The van der Waals surface area contributed by atoms with Crippen LogP contribution in [0, 0.1) is 18.3 Å². The van der Waals surface area contributed by atoms with E-state index in [2.05, 4.69) is 35.5 Å². The number of aromatic amines is 1. The second kappa shape index (κ2) is 6.08. The molecule has 0 aliphatic heterocycles. The van der Waals surface area contributed by atoms with Crippen LogP contribution < -0.4 is 4.72 Å². The molecule has 2 rings (SSSR count). The van der Waals surface area contributed by atoms with Crippen molar-refractivity contribution in [2.45, 2.75) is 70.9 Å². The van der Waals surface area contributed by atoms with Crippen molar-refractivity contribution in [2.24, 2.45) is 11.3 Å². The molecule has 0 spiro atoms. The molecule has 1 aromatic heterocycles. The highest BCUT2D eigenvalue weighted by atomic mass is 32.2. The van der Waals surface area contributed by atoms with E-state index in [0.29, 0.717) is 17.2 Å². The fourth-order valence-electron chi connectivity index (χ4n) is 3.10. The first-order valence-electron chi connectivity index (χ1n) is 7.78. The first-order valence-corrected chi connectivity index (χ1v) is 9.27. The Hall–Kier alpha value is -0.880. The van der Waals surface area contributed by atoms with E-state index >= 15 is 0 Å². The summed E-state index contributed by atoms with van der Waals surface area (Å²) < 4.78 is 27.3. The lowest BCUT2D eigenvalue weighted by molar-refractivity contribution is 0.142. The third kappa shape index (κ3) is 3.86. The molecular formula is C15H27N3O2S. The molecule has 1 fully saturated rings. The Balaban J connectivity index is 1.95. The number of H-pyrrole nitrogens is 1. The first kappa shape index (κ1) is 16.5. The summed E-state index contributed by atoms with van der Waals surface area (Å²) in [5.74, 6) is 1.31.